The molecule has 0 saturated carbocycles. The number of likely N-dealkylation sites (tertiary alicyclic amines) is 1. The average molecular weight is 976 g/mol. The van der Waals surface area contributed by atoms with E-state index in [-0.39, 0.29) is 62.3 Å². The number of esters is 1. The molecule has 6 bridgehead atoms. The maximum Gasteiger partial charge on any atom is 0.406 e. The number of aromatic nitrogens is 4. The highest BCUT2D eigenvalue weighted by Crippen LogP contribution is 2.43. The number of carbonyl (C=O) groups excluding carboxylic acids is 4. The van der Waals surface area contributed by atoms with Crippen molar-refractivity contribution in [1.82, 2.24) is 44.5 Å². The van der Waals surface area contributed by atoms with Crippen molar-refractivity contribution in [2.75, 3.05) is 46.9 Å². The lowest BCUT2D eigenvalue weighted by molar-refractivity contribution is -0.155. The summed E-state index contributed by atoms with van der Waals surface area (Å²) in [5, 5.41) is 5.37. The van der Waals surface area contributed by atoms with E-state index in [4.69, 9.17) is 14.5 Å². The predicted molar refractivity (Wildman–Crippen MR) is 256 cm³/mol. The highest BCUT2D eigenvalue weighted by atomic mass is 32.1. The number of rotatable bonds is 10. The van der Waals surface area contributed by atoms with Gasteiger partial charge in [-0.1, -0.05) is 47.5 Å². The number of fused-ring (bicyclic) bond motifs is 6. The molecule has 69 heavy (non-hydrogen) atoms. The minimum absolute atomic E-state index is 0.0399. The van der Waals surface area contributed by atoms with E-state index in [1.54, 1.807) is 35.4 Å². The maximum absolute atomic E-state index is 14.6. The van der Waals surface area contributed by atoms with E-state index < -0.39 is 59.5 Å². The molecule has 0 aliphatic carbocycles. The van der Waals surface area contributed by atoms with E-state index in [0.29, 0.717) is 69.9 Å². The lowest BCUT2D eigenvalue weighted by Crippen LogP contribution is -2.61. The van der Waals surface area contributed by atoms with Crippen molar-refractivity contribution in [2.45, 2.75) is 123 Å². The molecule has 3 atom stereocenters. The van der Waals surface area contributed by atoms with Gasteiger partial charge in [0.2, 0.25) is 5.91 Å². The van der Waals surface area contributed by atoms with Gasteiger partial charge in [0, 0.05) is 59.7 Å². The molecule has 6 heterocycles. The van der Waals surface area contributed by atoms with Gasteiger partial charge in [-0.2, -0.15) is 17.5 Å². The van der Waals surface area contributed by atoms with Gasteiger partial charge in [-0.3, -0.25) is 34.1 Å². The van der Waals surface area contributed by atoms with Crippen molar-refractivity contribution in [2.24, 2.45) is 17.3 Å². The molecule has 2 fully saturated rings. The standard InChI is InChI=1S/C50H64F3N9O6S/c1-29(2)36(26-67-32-24-60(25-32)41(63)17-18-49(7,8)59(9)10)44(64)55-38-22-40-56-45(69-58-40)31-15-16-39-34(21-31)35(23-48(5,6)28-68-47(66)37-14-12-20-62(57-37)46(38)65)43(61(39)27-50(51,52)53)33-13-11-19-54-42(33)30(3)4/h11,13,15-16,19,21,29-30,32,36-38,57H,12,14,20,22-28H2,1-10H3,(H,55,64)/t36-,37-,38-/m0/s1. The first kappa shape index (κ1) is 51.4. The fraction of sp³-hybridized carbons (Fsp3) is 0.580. The summed E-state index contributed by atoms with van der Waals surface area (Å²) < 4.78 is 61.9. The molecule has 15 nitrogen and oxygen atoms in total. The first-order chi connectivity index (χ1) is 32.4. The van der Waals surface area contributed by atoms with E-state index in [1.807, 2.05) is 80.5 Å². The Kier molecular flexibility index (Phi) is 15.3. The van der Waals surface area contributed by atoms with Crippen LogP contribution in [-0.2, 0) is 48.0 Å². The monoisotopic (exact) mass is 975 g/mol. The number of alkyl halides is 3. The maximum atomic E-state index is 14.6. The highest BCUT2D eigenvalue weighted by molar-refractivity contribution is 7.09. The van der Waals surface area contributed by atoms with E-state index >= 15 is 0 Å². The highest BCUT2D eigenvalue weighted by Gasteiger charge is 2.39. The second kappa shape index (κ2) is 20.5. The molecule has 0 spiro atoms. The number of nitrogens with zero attached hydrogens (tertiary/aromatic N) is 7. The van der Waals surface area contributed by atoms with Crippen LogP contribution in [0.3, 0.4) is 0 Å². The zero-order valence-electron chi connectivity index (χ0n) is 41.1. The Morgan fingerprint density at radius 3 is 2.54 bits per heavy atom. The van der Waals surface area contributed by atoms with Gasteiger partial charge < -0.3 is 24.3 Å². The molecule has 3 aliphatic heterocycles. The topological polar surface area (TPSA) is 164 Å². The SMILES string of the molecule is CC(C)c1ncccc1-c1c2c3cc(ccc3n1CC(F)(F)F)-c1nc(ns1)C[C@H](NC(=O)[C@@H](COC1CN(C(=O)C#CC(C)(C)N(C)C)C1)C(C)C)C(=O)N1CCC[C@H](N1)C(=O)OCC(C)(C)C2. The van der Waals surface area contributed by atoms with E-state index in [2.05, 4.69) is 31.9 Å². The molecule has 3 aromatic heterocycles. The van der Waals surface area contributed by atoms with Crippen molar-refractivity contribution in [3.63, 3.8) is 0 Å². The molecule has 7 rings (SSSR count). The second-order valence-electron chi connectivity index (χ2n) is 20.6. The number of nitrogens with one attached hydrogen (secondary N) is 2. The molecule has 2 N–H and O–H groups in total. The van der Waals surface area contributed by atoms with Crippen molar-refractivity contribution in [1.29, 1.82) is 0 Å². The normalized spacial score (nSPS) is 19.8. The third kappa shape index (κ3) is 12.0. The molecule has 1 aromatic carbocycles. The zero-order valence-corrected chi connectivity index (χ0v) is 41.9. The first-order valence-corrected chi connectivity index (χ1v) is 24.3. The third-order valence-electron chi connectivity index (χ3n) is 13.2. The number of cyclic esters (lactones) is 1. The first-order valence-electron chi connectivity index (χ1n) is 23.6. The summed E-state index contributed by atoms with van der Waals surface area (Å²) in [6.45, 7) is 15.0. The second-order valence-corrected chi connectivity index (χ2v) is 21.4. The van der Waals surface area contributed by atoms with Gasteiger partial charge in [0.05, 0.1) is 42.2 Å². The number of hydrazine groups is 1. The van der Waals surface area contributed by atoms with Gasteiger partial charge in [-0.25, -0.2) is 10.4 Å². The third-order valence-corrected chi connectivity index (χ3v) is 14.0. The summed E-state index contributed by atoms with van der Waals surface area (Å²) in [5.41, 5.74) is 5.06. The minimum Gasteiger partial charge on any atom is -0.464 e. The Balaban J connectivity index is 1.21. The van der Waals surface area contributed by atoms with Crippen LogP contribution in [0, 0.1) is 29.1 Å². The molecule has 19 heteroatoms. The van der Waals surface area contributed by atoms with Crippen molar-refractivity contribution in [3.05, 3.63) is 53.6 Å². The molecule has 372 valence electrons. The number of halogens is 3. The fourth-order valence-electron chi connectivity index (χ4n) is 8.70. The molecular weight excluding hydrogens is 912 g/mol. The summed E-state index contributed by atoms with van der Waals surface area (Å²) in [4.78, 5) is 68.3. The van der Waals surface area contributed by atoms with Gasteiger partial charge in [-0.05, 0) is 112 Å². The van der Waals surface area contributed by atoms with Crippen LogP contribution in [0.1, 0.15) is 91.2 Å². The van der Waals surface area contributed by atoms with Crippen LogP contribution < -0.4 is 10.7 Å². The number of benzene rings is 1. The quantitative estimate of drug-likeness (QED) is 0.134. The summed E-state index contributed by atoms with van der Waals surface area (Å²) in [6.07, 6.45) is -2.22. The lowest BCUT2D eigenvalue weighted by Gasteiger charge is -2.38. The number of hydrogen-bond acceptors (Lipinski definition) is 12. The van der Waals surface area contributed by atoms with Crippen LogP contribution in [0.2, 0.25) is 0 Å². The largest absolute Gasteiger partial charge is 0.464 e. The van der Waals surface area contributed by atoms with Gasteiger partial charge in [0.15, 0.2) is 0 Å². The van der Waals surface area contributed by atoms with Crippen molar-refractivity contribution in [3.8, 4) is 33.7 Å². The van der Waals surface area contributed by atoms with E-state index in [9.17, 15) is 32.3 Å². The zero-order chi connectivity index (χ0) is 50.2. The number of pyridine rings is 1. The van der Waals surface area contributed by atoms with Crippen LogP contribution in [0.15, 0.2) is 36.5 Å². The van der Waals surface area contributed by atoms with Gasteiger partial charge >= 0.3 is 12.1 Å². The van der Waals surface area contributed by atoms with Crippen LogP contribution in [-0.4, -0.2) is 134 Å². The van der Waals surface area contributed by atoms with Gasteiger partial charge in [0.25, 0.3) is 11.8 Å². The Hall–Kier alpha value is -5.42. The lowest BCUT2D eigenvalue weighted by atomic mass is 9.84. The smallest absolute Gasteiger partial charge is 0.406 e. The van der Waals surface area contributed by atoms with Crippen molar-refractivity contribution < 1.29 is 41.8 Å². The summed E-state index contributed by atoms with van der Waals surface area (Å²) in [7, 11) is 3.79. The molecule has 2 saturated heterocycles. The van der Waals surface area contributed by atoms with Gasteiger partial charge in [0.1, 0.15) is 29.5 Å². The van der Waals surface area contributed by atoms with Crippen LogP contribution in [0.5, 0.6) is 0 Å². The van der Waals surface area contributed by atoms with Gasteiger partial charge in [-0.15, -0.1) is 0 Å². The predicted octanol–water partition coefficient (Wildman–Crippen LogP) is 6.40. The Morgan fingerprint density at radius 2 is 1.86 bits per heavy atom. The number of carbonyl (C=O) groups is 4. The summed E-state index contributed by atoms with van der Waals surface area (Å²) >= 11 is 1.08. The van der Waals surface area contributed by atoms with Crippen LogP contribution in [0.4, 0.5) is 13.2 Å². The molecular formula is C50H64F3N9O6S. The fourth-order valence-corrected chi connectivity index (χ4v) is 9.38. The molecule has 3 amide bonds. The molecule has 3 aliphatic rings. The number of ether oxygens (including phenoxy) is 2. The Morgan fingerprint density at radius 1 is 1.12 bits per heavy atom. The molecule has 4 aromatic rings. The molecule has 0 unspecified atom stereocenters. The van der Waals surface area contributed by atoms with E-state index in [1.165, 1.54) is 9.58 Å². The molecule has 0 radical (unpaired) electrons. The Labute approximate surface area is 406 Å². The summed E-state index contributed by atoms with van der Waals surface area (Å²) in [5.74, 6) is 3.25. The van der Waals surface area contributed by atoms with Crippen molar-refractivity contribution >= 4 is 46.1 Å². The minimum atomic E-state index is -4.56. The van der Waals surface area contributed by atoms with E-state index in [0.717, 1.165) is 11.5 Å². The number of amides is 3. The van der Waals surface area contributed by atoms with Crippen LogP contribution >= 0.6 is 11.5 Å². The number of hydrogen-bond donors (Lipinski definition) is 2. The average Bonchev–Trinajstić information content (AvgIpc) is 3.85. The Bertz CT molecular complexity index is 2620. The van der Waals surface area contributed by atoms with Crippen LogP contribution in [0.25, 0.3) is 32.7 Å². The summed E-state index contributed by atoms with van der Waals surface area (Å²) in [6, 6.07) is 6.70.